The number of aromatic nitrogens is 2. The number of nitro groups is 1. The van der Waals surface area contributed by atoms with Crippen LogP contribution in [-0.4, -0.2) is 20.8 Å². The number of hydrogen-bond donors (Lipinski definition) is 1. The molecule has 108 valence electrons. The summed E-state index contributed by atoms with van der Waals surface area (Å²) in [5.74, 6) is -0.596. The van der Waals surface area contributed by atoms with Gasteiger partial charge in [0, 0.05) is 11.4 Å². The summed E-state index contributed by atoms with van der Waals surface area (Å²) in [4.78, 5) is 30.6. The Hall–Kier alpha value is -2.54. The highest BCUT2D eigenvalue weighted by molar-refractivity contribution is 6.33. The molecule has 0 bridgehead atoms. The molecule has 1 N–H and O–H groups in total. The first kappa shape index (κ1) is 14.9. The van der Waals surface area contributed by atoms with E-state index in [0.717, 1.165) is 0 Å². The number of benzene rings is 1. The predicted molar refractivity (Wildman–Crippen MR) is 77.6 cm³/mol. The van der Waals surface area contributed by atoms with Crippen molar-refractivity contribution in [3.05, 3.63) is 56.4 Å². The number of nitro benzene ring substituents is 1. The predicted octanol–water partition coefficient (Wildman–Crippen LogP) is 2.91. The lowest BCUT2D eigenvalue weighted by molar-refractivity contribution is -0.385. The van der Waals surface area contributed by atoms with Crippen LogP contribution in [0.25, 0.3) is 0 Å². The lowest BCUT2D eigenvalue weighted by atomic mass is 10.1. The molecule has 0 fully saturated rings. The highest BCUT2D eigenvalue weighted by Crippen LogP contribution is 2.28. The van der Waals surface area contributed by atoms with Crippen LogP contribution in [0.15, 0.2) is 24.3 Å². The second kappa shape index (κ2) is 5.84. The van der Waals surface area contributed by atoms with Crippen molar-refractivity contribution >= 4 is 29.1 Å². The van der Waals surface area contributed by atoms with Crippen molar-refractivity contribution in [1.29, 1.82) is 0 Å². The van der Waals surface area contributed by atoms with E-state index in [9.17, 15) is 14.9 Å². The van der Waals surface area contributed by atoms with Crippen molar-refractivity contribution < 1.29 is 9.72 Å². The monoisotopic (exact) mass is 306 g/mol. The number of anilines is 1. The third-order valence-corrected chi connectivity index (χ3v) is 2.93. The molecule has 2 aromatic rings. The summed E-state index contributed by atoms with van der Waals surface area (Å²) in [6, 6.07) is 5.88. The zero-order valence-electron chi connectivity index (χ0n) is 11.3. The molecule has 0 radical (unpaired) electrons. The van der Waals surface area contributed by atoms with E-state index < -0.39 is 16.5 Å². The number of halogens is 1. The van der Waals surface area contributed by atoms with Crippen molar-refractivity contribution in [2.24, 2.45) is 0 Å². The van der Waals surface area contributed by atoms with E-state index in [0.29, 0.717) is 11.4 Å². The van der Waals surface area contributed by atoms with Crippen molar-refractivity contribution in [3.63, 3.8) is 0 Å². The molecule has 21 heavy (non-hydrogen) atoms. The lowest BCUT2D eigenvalue weighted by Gasteiger charge is -2.06. The van der Waals surface area contributed by atoms with Gasteiger partial charge in [0.2, 0.25) is 5.95 Å². The largest absolute Gasteiger partial charge is 0.300 e. The molecule has 0 aliphatic rings. The number of nitrogens with one attached hydrogen (secondary N) is 1. The van der Waals surface area contributed by atoms with Gasteiger partial charge in [-0.25, -0.2) is 9.97 Å². The maximum atomic E-state index is 12.2. The first-order valence-corrected chi connectivity index (χ1v) is 6.33. The molecule has 8 heteroatoms. The van der Waals surface area contributed by atoms with Crippen molar-refractivity contribution in [3.8, 4) is 0 Å². The number of amides is 1. The summed E-state index contributed by atoms with van der Waals surface area (Å²) in [5.41, 5.74) is 0.771. The fraction of sp³-hybridized carbons (Fsp3) is 0.154. The zero-order chi connectivity index (χ0) is 15.6. The number of rotatable bonds is 3. The smallest absolute Gasteiger partial charge is 0.290 e. The topological polar surface area (TPSA) is 98.0 Å². The Bertz CT molecular complexity index is 713. The van der Waals surface area contributed by atoms with Crippen LogP contribution in [0.3, 0.4) is 0 Å². The SMILES string of the molecule is Cc1cc(C)nc(NC(=O)c2cccc(Cl)c2[N+](=O)[O-])n1. The Labute approximate surface area is 125 Å². The van der Waals surface area contributed by atoms with Gasteiger partial charge in [0.05, 0.1) is 4.92 Å². The number of carbonyl (C=O) groups is 1. The van der Waals surface area contributed by atoms with Crippen LogP contribution in [0.2, 0.25) is 5.02 Å². The third kappa shape index (κ3) is 3.32. The van der Waals surface area contributed by atoms with E-state index in [1.165, 1.54) is 18.2 Å². The fourth-order valence-electron chi connectivity index (χ4n) is 1.83. The molecule has 0 atom stereocenters. The molecule has 0 aliphatic heterocycles. The highest BCUT2D eigenvalue weighted by atomic mass is 35.5. The first-order valence-electron chi connectivity index (χ1n) is 5.95. The second-order valence-corrected chi connectivity index (χ2v) is 4.73. The lowest BCUT2D eigenvalue weighted by Crippen LogP contribution is -2.16. The van der Waals surface area contributed by atoms with Gasteiger partial charge in [-0.15, -0.1) is 0 Å². The summed E-state index contributed by atoms with van der Waals surface area (Å²) in [6.45, 7) is 3.51. The molecule has 1 aromatic heterocycles. The van der Waals surface area contributed by atoms with Gasteiger partial charge in [-0.1, -0.05) is 17.7 Å². The standard InChI is InChI=1S/C13H11ClN4O3/c1-7-6-8(2)16-13(15-7)17-12(19)9-4-3-5-10(14)11(9)18(20)21/h3-6H,1-2H3,(H,15,16,17,19). The summed E-state index contributed by atoms with van der Waals surface area (Å²) in [6.07, 6.45) is 0. The van der Waals surface area contributed by atoms with Crippen molar-refractivity contribution in [2.75, 3.05) is 5.32 Å². The zero-order valence-corrected chi connectivity index (χ0v) is 12.0. The average molecular weight is 307 g/mol. The molecule has 1 aromatic carbocycles. The molecule has 0 aliphatic carbocycles. The van der Waals surface area contributed by atoms with Crippen LogP contribution in [0.4, 0.5) is 11.6 Å². The second-order valence-electron chi connectivity index (χ2n) is 4.32. The number of hydrogen-bond acceptors (Lipinski definition) is 5. The molecule has 2 rings (SSSR count). The molecule has 0 saturated heterocycles. The van der Waals surface area contributed by atoms with E-state index in [1.807, 2.05) is 0 Å². The summed E-state index contributed by atoms with van der Waals surface area (Å²) < 4.78 is 0. The average Bonchev–Trinajstić information content (AvgIpc) is 2.36. The van der Waals surface area contributed by atoms with Gasteiger partial charge in [0.25, 0.3) is 5.91 Å². The molecule has 0 spiro atoms. The molecule has 1 heterocycles. The molecule has 0 saturated carbocycles. The fourth-order valence-corrected chi connectivity index (χ4v) is 2.08. The Morgan fingerprint density at radius 3 is 2.48 bits per heavy atom. The summed E-state index contributed by atoms with van der Waals surface area (Å²) >= 11 is 5.77. The van der Waals surface area contributed by atoms with Gasteiger partial charge in [-0.2, -0.15) is 0 Å². The Kier molecular flexibility index (Phi) is 4.13. The maximum absolute atomic E-state index is 12.2. The molecule has 1 amide bonds. The molecule has 7 nitrogen and oxygen atoms in total. The maximum Gasteiger partial charge on any atom is 0.300 e. The van der Waals surface area contributed by atoms with Crippen molar-refractivity contribution in [1.82, 2.24) is 9.97 Å². The Morgan fingerprint density at radius 2 is 1.90 bits per heavy atom. The van der Waals surface area contributed by atoms with E-state index in [1.54, 1.807) is 19.9 Å². The van der Waals surface area contributed by atoms with E-state index in [2.05, 4.69) is 15.3 Å². The summed E-state index contributed by atoms with van der Waals surface area (Å²) in [5, 5.41) is 13.4. The molecule has 0 unspecified atom stereocenters. The van der Waals surface area contributed by atoms with Crippen molar-refractivity contribution in [2.45, 2.75) is 13.8 Å². The van der Waals surface area contributed by atoms with E-state index >= 15 is 0 Å². The number of para-hydroxylation sites is 1. The van der Waals surface area contributed by atoms with Crippen LogP contribution in [0.1, 0.15) is 21.7 Å². The normalized spacial score (nSPS) is 10.2. The molecular formula is C13H11ClN4O3. The Balaban J connectivity index is 2.37. The van der Waals surface area contributed by atoms with Gasteiger partial charge >= 0.3 is 5.69 Å². The van der Waals surface area contributed by atoms with Gasteiger partial charge in [-0.3, -0.25) is 20.2 Å². The number of aryl methyl sites for hydroxylation is 2. The first-order chi connectivity index (χ1) is 9.88. The van der Waals surface area contributed by atoms with Gasteiger partial charge in [0.15, 0.2) is 0 Å². The van der Waals surface area contributed by atoms with Gasteiger partial charge < -0.3 is 0 Å². The van der Waals surface area contributed by atoms with E-state index in [4.69, 9.17) is 11.6 Å². The van der Waals surface area contributed by atoms with Crippen LogP contribution in [0.5, 0.6) is 0 Å². The van der Waals surface area contributed by atoms with Crippen LogP contribution < -0.4 is 5.32 Å². The highest BCUT2D eigenvalue weighted by Gasteiger charge is 2.24. The van der Waals surface area contributed by atoms with Crippen LogP contribution in [0, 0.1) is 24.0 Å². The van der Waals surface area contributed by atoms with E-state index in [-0.39, 0.29) is 16.5 Å². The minimum Gasteiger partial charge on any atom is -0.290 e. The molecular weight excluding hydrogens is 296 g/mol. The minimum absolute atomic E-state index is 0.0896. The minimum atomic E-state index is -0.695. The number of carbonyl (C=O) groups excluding carboxylic acids is 1. The quantitative estimate of drug-likeness (QED) is 0.694. The van der Waals surface area contributed by atoms with Crippen LogP contribution >= 0.6 is 11.6 Å². The van der Waals surface area contributed by atoms with Gasteiger partial charge in [0.1, 0.15) is 10.6 Å². The third-order valence-electron chi connectivity index (χ3n) is 2.62. The Morgan fingerprint density at radius 1 is 1.29 bits per heavy atom. The summed E-state index contributed by atoms with van der Waals surface area (Å²) in [7, 11) is 0. The van der Waals surface area contributed by atoms with Crippen LogP contribution in [-0.2, 0) is 0 Å². The van der Waals surface area contributed by atoms with Gasteiger partial charge in [-0.05, 0) is 32.0 Å². The number of nitrogens with zero attached hydrogens (tertiary/aromatic N) is 3.